The van der Waals surface area contributed by atoms with Crippen molar-refractivity contribution >= 4 is 16.0 Å². The van der Waals surface area contributed by atoms with Gasteiger partial charge in [0.25, 0.3) is 0 Å². The van der Waals surface area contributed by atoms with E-state index in [2.05, 4.69) is 9.89 Å². The Balaban J connectivity index is 1.84. The van der Waals surface area contributed by atoms with E-state index in [0.29, 0.717) is 5.76 Å². The molecular formula is C14H11F3N2O6S. The van der Waals surface area contributed by atoms with Crippen molar-refractivity contribution in [2.45, 2.75) is 24.2 Å². The highest BCUT2D eigenvalue weighted by Gasteiger charge is 2.34. The lowest BCUT2D eigenvalue weighted by molar-refractivity contribution is -0.274. The lowest BCUT2D eigenvalue weighted by atomic mass is 10.1. The van der Waals surface area contributed by atoms with Crippen LogP contribution in [0.1, 0.15) is 21.8 Å². The van der Waals surface area contributed by atoms with Crippen molar-refractivity contribution < 1.29 is 40.8 Å². The number of ether oxygens (including phenoxy) is 1. The maximum Gasteiger partial charge on any atom is 0.573 e. The molecule has 12 heteroatoms. The molecule has 2 aromatic rings. The number of benzene rings is 1. The number of hydrogen-bond acceptors (Lipinski definition) is 6. The fraction of sp³-hybridized carbons (Fsp3) is 0.286. The third kappa shape index (κ3) is 3.51. The summed E-state index contributed by atoms with van der Waals surface area (Å²) in [7, 11) is -4.05. The summed E-state index contributed by atoms with van der Waals surface area (Å²) in [4.78, 5) is 10.9. The Kier molecular flexibility index (Phi) is 4.40. The van der Waals surface area contributed by atoms with Crippen molar-refractivity contribution in [1.82, 2.24) is 9.46 Å². The number of sulfonamides is 1. The third-order valence-electron chi connectivity index (χ3n) is 3.69. The summed E-state index contributed by atoms with van der Waals surface area (Å²) in [5.74, 6) is -1.60. The van der Waals surface area contributed by atoms with E-state index in [0.717, 1.165) is 28.6 Å². The molecule has 0 fully saturated rings. The predicted octanol–water partition coefficient (Wildman–Crippen LogP) is 2.02. The zero-order chi connectivity index (χ0) is 19.1. The van der Waals surface area contributed by atoms with E-state index in [1.165, 1.54) is 0 Å². The molecule has 0 atom stereocenters. The Bertz CT molecular complexity index is 937. The predicted molar refractivity (Wildman–Crippen MR) is 77.9 cm³/mol. The van der Waals surface area contributed by atoms with Gasteiger partial charge in [-0.05, 0) is 24.3 Å². The quantitative estimate of drug-likeness (QED) is 0.848. The first-order valence-corrected chi connectivity index (χ1v) is 8.58. The van der Waals surface area contributed by atoms with Crippen molar-refractivity contribution in [2.75, 3.05) is 6.54 Å². The summed E-state index contributed by atoms with van der Waals surface area (Å²) in [6.45, 7) is -0.242. The molecule has 0 spiro atoms. The first kappa shape index (κ1) is 18.2. The zero-order valence-electron chi connectivity index (χ0n) is 12.9. The Morgan fingerprint density at radius 2 is 1.92 bits per heavy atom. The minimum Gasteiger partial charge on any atom is -0.476 e. The average molecular weight is 392 g/mol. The fourth-order valence-corrected chi connectivity index (χ4v) is 3.93. The van der Waals surface area contributed by atoms with E-state index < -0.39 is 28.1 Å². The van der Waals surface area contributed by atoms with Crippen molar-refractivity contribution in [2.24, 2.45) is 0 Å². The number of rotatable bonds is 4. The van der Waals surface area contributed by atoms with Crippen LogP contribution >= 0.6 is 0 Å². The molecule has 0 unspecified atom stereocenters. The fourth-order valence-electron chi connectivity index (χ4n) is 2.52. The Morgan fingerprint density at radius 3 is 2.50 bits per heavy atom. The molecule has 26 heavy (non-hydrogen) atoms. The van der Waals surface area contributed by atoms with Gasteiger partial charge in [0.05, 0.1) is 4.90 Å². The van der Waals surface area contributed by atoms with Crippen molar-refractivity contribution in [3.63, 3.8) is 0 Å². The minimum atomic E-state index is -4.88. The summed E-state index contributed by atoms with van der Waals surface area (Å²) in [6.07, 6.45) is -4.75. The first-order valence-electron chi connectivity index (χ1n) is 7.14. The molecule has 0 radical (unpaired) electrons. The van der Waals surface area contributed by atoms with Crippen LogP contribution in [0.15, 0.2) is 33.7 Å². The molecule has 1 aliphatic heterocycles. The van der Waals surface area contributed by atoms with Crippen LogP contribution in [0.4, 0.5) is 13.2 Å². The number of aromatic carboxylic acids is 1. The van der Waals surface area contributed by atoms with Gasteiger partial charge in [0.15, 0.2) is 5.69 Å². The number of carboxylic acid groups (broad SMARTS) is 1. The number of carbonyl (C=O) groups is 1. The molecule has 0 aliphatic carbocycles. The largest absolute Gasteiger partial charge is 0.573 e. The number of fused-ring (bicyclic) bond motifs is 1. The Morgan fingerprint density at radius 1 is 1.27 bits per heavy atom. The van der Waals surface area contributed by atoms with Gasteiger partial charge in [-0.2, -0.15) is 4.31 Å². The SMILES string of the molecule is O=C(O)c1noc2c1CN(S(=O)(=O)c1ccc(OC(F)(F)F)cc1)CC2. The number of halogens is 3. The maximum atomic E-state index is 12.7. The van der Waals surface area contributed by atoms with Crippen LogP contribution in [0.2, 0.25) is 0 Å². The van der Waals surface area contributed by atoms with Gasteiger partial charge < -0.3 is 14.4 Å². The van der Waals surface area contributed by atoms with Gasteiger partial charge in [0.2, 0.25) is 10.0 Å². The minimum absolute atomic E-state index is 0.0182. The topological polar surface area (TPSA) is 110 Å². The van der Waals surface area contributed by atoms with E-state index in [1.807, 2.05) is 0 Å². The summed E-state index contributed by atoms with van der Waals surface area (Å²) >= 11 is 0. The van der Waals surface area contributed by atoms with Gasteiger partial charge in [0, 0.05) is 25.1 Å². The smallest absolute Gasteiger partial charge is 0.476 e. The van der Waals surface area contributed by atoms with Gasteiger partial charge in [-0.15, -0.1) is 13.2 Å². The van der Waals surface area contributed by atoms with Crippen molar-refractivity contribution in [3.8, 4) is 5.75 Å². The van der Waals surface area contributed by atoms with Crippen LogP contribution in [0, 0.1) is 0 Å². The van der Waals surface area contributed by atoms with Crippen molar-refractivity contribution in [3.05, 3.63) is 41.3 Å². The molecule has 140 valence electrons. The number of carboxylic acids is 1. The van der Waals surface area contributed by atoms with Crippen LogP contribution in [0.25, 0.3) is 0 Å². The Hall–Kier alpha value is -2.60. The molecular weight excluding hydrogens is 381 g/mol. The highest BCUT2D eigenvalue weighted by Crippen LogP contribution is 2.29. The standard InChI is InChI=1S/C14H11F3N2O6S/c15-14(16,17)24-8-1-3-9(4-2-8)26(22,23)19-6-5-11-10(7-19)12(13(20)21)18-25-11/h1-4H,5-7H2,(H,20,21). The second kappa shape index (κ2) is 6.29. The molecule has 3 rings (SSSR count). The highest BCUT2D eigenvalue weighted by atomic mass is 32.2. The molecule has 1 aromatic heterocycles. The normalized spacial score (nSPS) is 15.5. The Labute approximate surface area is 144 Å². The monoisotopic (exact) mass is 392 g/mol. The summed E-state index contributed by atoms with van der Waals surface area (Å²) < 4.78 is 71.4. The highest BCUT2D eigenvalue weighted by molar-refractivity contribution is 7.89. The van der Waals surface area contributed by atoms with Crippen LogP contribution in [-0.2, 0) is 23.0 Å². The van der Waals surface area contributed by atoms with Crippen LogP contribution in [-0.4, -0.2) is 41.9 Å². The van der Waals surface area contributed by atoms with E-state index in [4.69, 9.17) is 9.63 Å². The van der Waals surface area contributed by atoms with Gasteiger partial charge in [-0.25, -0.2) is 13.2 Å². The van der Waals surface area contributed by atoms with Gasteiger partial charge in [-0.3, -0.25) is 0 Å². The molecule has 0 saturated carbocycles. The van der Waals surface area contributed by atoms with E-state index in [9.17, 15) is 26.4 Å². The van der Waals surface area contributed by atoms with E-state index in [-0.39, 0.29) is 35.7 Å². The van der Waals surface area contributed by atoms with Gasteiger partial charge in [0.1, 0.15) is 11.5 Å². The molecule has 0 saturated heterocycles. The third-order valence-corrected chi connectivity index (χ3v) is 5.55. The van der Waals surface area contributed by atoms with Crippen LogP contribution in [0.3, 0.4) is 0 Å². The number of aromatic nitrogens is 1. The zero-order valence-corrected chi connectivity index (χ0v) is 13.7. The lowest BCUT2D eigenvalue weighted by Crippen LogP contribution is -2.36. The second-order valence-corrected chi connectivity index (χ2v) is 7.28. The van der Waals surface area contributed by atoms with Crippen LogP contribution in [0.5, 0.6) is 5.75 Å². The molecule has 1 aliphatic rings. The number of alkyl halides is 3. The summed E-state index contributed by atoms with van der Waals surface area (Å²) in [6, 6.07) is 3.74. The van der Waals surface area contributed by atoms with E-state index in [1.54, 1.807) is 0 Å². The number of nitrogens with zero attached hydrogens (tertiary/aromatic N) is 2. The molecule has 0 amide bonds. The van der Waals surface area contributed by atoms with Gasteiger partial charge in [-0.1, -0.05) is 5.16 Å². The molecule has 1 N–H and O–H groups in total. The van der Waals surface area contributed by atoms with Crippen molar-refractivity contribution in [1.29, 1.82) is 0 Å². The molecule has 0 bridgehead atoms. The van der Waals surface area contributed by atoms with Gasteiger partial charge >= 0.3 is 12.3 Å². The lowest BCUT2D eigenvalue weighted by Gasteiger charge is -2.25. The molecule has 2 heterocycles. The summed E-state index contributed by atoms with van der Waals surface area (Å²) in [5, 5.41) is 12.5. The second-order valence-electron chi connectivity index (χ2n) is 5.35. The van der Waals surface area contributed by atoms with Crippen LogP contribution < -0.4 is 4.74 Å². The first-order chi connectivity index (χ1) is 12.1. The maximum absolute atomic E-state index is 12.7. The van der Waals surface area contributed by atoms with E-state index >= 15 is 0 Å². The average Bonchev–Trinajstić information content (AvgIpc) is 2.97. The molecule has 1 aromatic carbocycles. The number of hydrogen-bond donors (Lipinski definition) is 1. The summed E-state index contributed by atoms with van der Waals surface area (Å²) in [5.41, 5.74) is -0.210. The molecule has 8 nitrogen and oxygen atoms in total.